The third-order valence-corrected chi connectivity index (χ3v) is 2.00. The minimum absolute atomic E-state index is 0.458. The summed E-state index contributed by atoms with van der Waals surface area (Å²) in [5.41, 5.74) is -1.35. The Labute approximate surface area is 65.6 Å². The Kier molecular flexibility index (Phi) is 2.02. The van der Waals surface area contributed by atoms with Gasteiger partial charge in [0.2, 0.25) is 0 Å². The van der Waals surface area contributed by atoms with Crippen molar-refractivity contribution in [2.45, 2.75) is 24.7 Å². The van der Waals surface area contributed by atoms with Crippen LogP contribution in [-0.4, -0.2) is 28.0 Å². The second-order valence-electron chi connectivity index (χ2n) is 2.64. The summed E-state index contributed by atoms with van der Waals surface area (Å²) in [6.07, 6.45) is 2.68. The van der Waals surface area contributed by atoms with E-state index in [-0.39, 0.29) is 0 Å². The van der Waals surface area contributed by atoms with Crippen LogP contribution < -0.4 is 0 Å². The van der Waals surface area contributed by atoms with Crippen LogP contribution in [0.3, 0.4) is 0 Å². The molecule has 0 amide bonds. The van der Waals surface area contributed by atoms with Gasteiger partial charge >= 0.3 is 0 Å². The van der Waals surface area contributed by atoms with Gasteiger partial charge in [-0.2, -0.15) is 0 Å². The zero-order valence-corrected chi connectivity index (χ0v) is 6.40. The van der Waals surface area contributed by atoms with Crippen molar-refractivity contribution >= 4 is 0 Å². The third-order valence-electron chi connectivity index (χ3n) is 2.00. The quantitative estimate of drug-likeness (QED) is 0.533. The Morgan fingerprint density at radius 2 is 2.36 bits per heavy atom. The lowest BCUT2D eigenvalue weighted by Gasteiger charge is -2.36. The molecule has 0 radical (unpaired) electrons. The molecule has 0 aromatic carbocycles. The summed E-state index contributed by atoms with van der Waals surface area (Å²) < 4.78 is 4.99. The number of hydrogen-bond donors (Lipinski definition) is 2. The molecule has 0 fully saturated rings. The average molecular weight is 156 g/mol. The highest BCUT2D eigenvalue weighted by Crippen LogP contribution is 2.24. The van der Waals surface area contributed by atoms with Crippen LogP contribution in [0.4, 0.5) is 0 Å². The van der Waals surface area contributed by atoms with E-state index in [1.54, 1.807) is 6.92 Å². The minimum atomic E-state index is -1.35. The van der Waals surface area contributed by atoms with E-state index in [0.29, 0.717) is 0 Å². The smallest absolute Gasteiger partial charge is 0.148 e. The normalized spacial score (nSPS) is 43.2. The van der Waals surface area contributed by atoms with Gasteiger partial charge in [-0.3, -0.25) is 0 Å². The van der Waals surface area contributed by atoms with Crippen LogP contribution in [0.5, 0.6) is 0 Å². The molecule has 3 atom stereocenters. The molecule has 3 heteroatoms. The van der Waals surface area contributed by atoms with Crippen LogP contribution >= 0.6 is 0 Å². The summed E-state index contributed by atoms with van der Waals surface area (Å²) in [6, 6.07) is 0. The SMILES string of the molecule is C=C[C@@]1(O)[C@H](C)OC=C[C@@H]1O. The fourth-order valence-corrected chi connectivity index (χ4v) is 1.03. The molecular weight excluding hydrogens is 144 g/mol. The molecule has 0 saturated heterocycles. The Morgan fingerprint density at radius 1 is 1.73 bits per heavy atom. The Balaban J connectivity index is 2.90. The van der Waals surface area contributed by atoms with Crippen LogP contribution in [0.15, 0.2) is 25.0 Å². The summed E-state index contributed by atoms with van der Waals surface area (Å²) in [5.74, 6) is 0. The maximum absolute atomic E-state index is 9.67. The second-order valence-corrected chi connectivity index (χ2v) is 2.64. The van der Waals surface area contributed by atoms with Gasteiger partial charge in [-0.05, 0) is 13.0 Å². The van der Waals surface area contributed by atoms with Crippen molar-refractivity contribution in [3.05, 3.63) is 25.0 Å². The summed E-state index contributed by atoms with van der Waals surface area (Å²) in [6.45, 7) is 5.11. The predicted octanol–water partition coefficient (Wildman–Crippen LogP) is 0.197. The zero-order chi connectivity index (χ0) is 8.48. The van der Waals surface area contributed by atoms with E-state index in [1.807, 2.05) is 0 Å². The molecule has 2 N–H and O–H groups in total. The molecule has 0 unspecified atom stereocenters. The van der Waals surface area contributed by atoms with Gasteiger partial charge in [-0.15, -0.1) is 0 Å². The average Bonchev–Trinajstić information content (AvgIpc) is 2.00. The number of aliphatic hydroxyl groups excluding tert-OH is 1. The fourth-order valence-electron chi connectivity index (χ4n) is 1.03. The number of aliphatic hydroxyl groups is 2. The van der Waals surface area contributed by atoms with Gasteiger partial charge in [0.05, 0.1) is 6.26 Å². The Bertz CT molecular complexity index is 188. The molecule has 1 aliphatic rings. The Morgan fingerprint density at radius 3 is 2.73 bits per heavy atom. The highest BCUT2D eigenvalue weighted by Gasteiger charge is 2.40. The van der Waals surface area contributed by atoms with Crippen molar-refractivity contribution in [1.29, 1.82) is 0 Å². The van der Waals surface area contributed by atoms with Crippen LogP contribution in [-0.2, 0) is 4.74 Å². The first-order valence-corrected chi connectivity index (χ1v) is 3.47. The van der Waals surface area contributed by atoms with Crippen molar-refractivity contribution in [2.75, 3.05) is 0 Å². The van der Waals surface area contributed by atoms with E-state index in [1.165, 1.54) is 18.4 Å². The van der Waals surface area contributed by atoms with Gasteiger partial charge in [0, 0.05) is 0 Å². The maximum Gasteiger partial charge on any atom is 0.148 e. The Hall–Kier alpha value is -0.800. The van der Waals surface area contributed by atoms with Crippen molar-refractivity contribution < 1.29 is 14.9 Å². The maximum atomic E-state index is 9.67. The van der Waals surface area contributed by atoms with Gasteiger partial charge in [0.15, 0.2) is 0 Å². The first-order valence-electron chi connectivity index (χ1n) is 3.47. The molecule has 11 heavy (non-hydrogen) atoms. The van der Waals surface area contributed by atoms with E-state index >= 15 is 0 Å². The van der Waals surface area contributed by atoms with E-state index in [4.69, 9.17) is 4.74 Å². The second kappa shape index (κ2) is 2.68. The highest BCUT2D eigenvalue weighted by molar-refractivity contribution is 5.14. The summed E-state index contributed by atoms with van der Waals surface area (Å²) in [7, 11) is 0. The number of hydrogen-bond acceptors (Lipinski definition) is 3. The topological polar surface area (TPSA) is 49.7 Å². The molecule has 1 rings (SSSR count). The van der Waals surface area contributed by atoms with Crippen LogP contribution in [0.2, 0.25) is 0 Å². The highest BCUT2D eigenvalue weighted by atomic mass is 16.5. The molecule has 0 saturated carbocycles. The monoisotopic (exact) mass is 156 g/mol. The van der Waals surface area contributed by atoms with E-state index in [0.717, 1.165) is 0 Å². The number of ether oxygens (including phenoxy) is 1. The van der Waals surface area contributed by atoms with Gasteiger partial charge < -0.3 is 14.9 Å². The standard InChI is InChI=1S/C8H12O3/c1-3-8(10)6(2)11-5-4-7(8)9/h3-7,9-10H,1H2,2H3/t6-,7-,8+/m0/s1. The van der Waals surface area contributed by atoms with E-state index in [2.05, 4.69) is 6.58 Å². The van der Waals surface area contributed by atoms with E-state index in [9.17, 15) is 10.2 Å². The predicted molar refractivity (Wildman–Crippen MR) is 40.8 cm³/mol. The molecule has 0 aromatic rings. The third kappa shape index (κ3) is 1.17. The number of rotatable bonds is 1. The van der Waals surface area contributed by atoms with Gasteiger partial charge in [-0.1, -0.05) is 12.7 Å². The zero-order valence-electron chi connectivity index (χ0n) is 6.40. The lowest BCUT2D eigenvalue weighted by molar-refractivity contribution is -0.108. The lowest BCUT2D eigenvalue weighted by Crippen LogP contribution is -2.50. The largest absolute Gasteiger partial charge is 0.495 e. The summed E-state index contributed by atoms with van der Waals surface area (Å²) in [5, 5.41) is 19.0. The molecule has 62 valence electrons. The van der Waals surface area contributed by atoms with Crippen molar-refractivity contribution in [1.82, 2.24) is 0 Å². The lowest BCUT2D eigenvalue weighted by atomic mass is 9.90. The molecule has 0 bridgehead atoms. The first-order chi connectivity index (χ1) is 5.11. The van der Waals surface area contributed by atoms with Crippen LogP contribution in [0.25, 0.3) is 0 Å². The van der Waals surface area contributed by atoms with Crippen molar-refractivity contribution in [3.63, 3.8) is 0 Å². The summed E-state index contributed by atoms with van der Waals surface area (Å²) >= 11 is 0. The van der Waals surface area contributed by atoms with Gasteiger partial charge in [0.25, 0.3) is 0 Å². The minimum Gasteiger partial charge on any atom is -0.495 e. The molecule has 1 heterocycles. The molecular formula is C8H12O3. The van der Waals surface area contributed by atoms with Gasteiger partial charge in [-0.25, -0.2) is 0 Å². The summed E-state index contributed by atoms with van der Waals surface area (Å²) in [4.78, 5) is 0. The van der Waals surface area contributed by atoms with Crippen LogP contribution in [0.1, 0.15) is 6.92 Å². The molecule has 0 aliphatic carbocycles. The molecule has 1 aliphatic heterocycles. The van der Waals surface area contributed by atoms with Crippen molar-refractivity contribution in [2.24, 2.45) is 0 Å². The fraction of sp³-hybridized carbons (Fsp3) is 0.500. The van der Waals surface area contributed by atoms with Crippen molar-refractivity contribution in [3.8, 4) is 0 Å². The van der Waals surface area contributed by atoms with Gasteiger partial charge in [0.1, 0.15) is 17.8 Å². The molecule has 3 nitrogen and oxygen atoms in total. The van der Waals surface area contributed by atoms with Crippen LogP contribution in [0, 0.1) is 0 Å². The molecule has 0 spiro atoms. The van der Waals surface area contributed by atoms with E-state index < -0.39 is 17.8 Å². The first kappa shape index (κ1) is 8.30. The molecule has 0 aromatic heterocycles.